The molecule has 1 fully saturated rings. The van der Waals surface area contributed by atoms with Gasteiger partial charge in [0.25, 0.3) is 0 Å². The number of aromatic nitrogens is 5. The Bertz CT molecular complexity index is 1440. The van der Waals surface area contributed by atoms with E-state index in [0.29, 0.717) is 5.82 Å². The maximum atomic E-state index is 5.68. The Kier molecular flexibility index (Phi) is 5.11. The molecule has 0 aliphatic carbocycles. The first-order valence-corrected chi connectivity index (χ1v) is 11.5. The number of methoxy groups -OCH3 is 1. The van der Waals surface area contributed by atoms with Crippen LogP contribution in [0.25, 0.3) is 39.4 Å². The van der Waals surface area contributed by atoms with E-state index in [1.807, 2.05) is 34.5 Å². The lowest BCUT2D eigenvalue weighted by Crippen LogP contribution is -2.24. The number of ether oxygens (including phenoxy) is 1. The van der Waals surface area contributed by atoms with Crippen molar-refractivity contribution in [1.82, 2.24) is 24.1 Å². The van der Waals surface area contributed by atoms with Gasteiger partial charge in [0.15, 0.2) is 11.6 Å². The first-order chi connectivity index (χ1) is 16.7. The number of fused-ring (bicyclic) bond motifs is 1. The van der Waals surface area contributed by atoms with Crippen LogP contribution in [0.3, 0.4) is 0 Å². The minimum atomic E-state index is 0.190. The maximum Gasteiger partial charge on any atom is 0.218 e. The van der Waals surface area contributed by atoms with Gasteiger partial charge in [-0.15, -0.1) is 5.10 Å². The molecule has 1 aliphatic heterocycles. The fraction of sp³-hybridized carbons (Fsp3) is 0.222. The molecule has 0 N–H and O–H groups in total. The highest BCUT2D eigenvalue weighted by Crippen LogP contribution is 2.41. The third-order valence-electron chi connectivity index (χ3n) is 6.56. The van der Waals surface area contributed by atoms with E-state index in [1.165, 1.54) is 0 Å². The van der Waals surface area contributed by atoms with Crippen LogP contribution in [-0.4, -0.2) is 50.5 Å². The largest absolute Gasteiger partial charge is 0.380 e. The molecule has 0 bridgehead atoms. The molecule has 3 aromatic heterocycles. The second-order valence-electron chi connectivity index (χ2n) is 8.66. The Morgan fingerprint density at radius 1 is 0.971 bits per heavy atom. The van der Waals surface area contributed by atoms with Gasteiger partial charge in [0, 0.05) is 57.0 Å². The minimum absolute atomic E-state index is 0.190. The van der Waals surface area contributed by atoms with Gasteiger partial charge < -0.3 is 14.2 Å². The molecule has 0 saturated carbocycles. The SMILES string of the molecule is COC1CCN(c2nc(-c3nccn3C)nn3cc(-c4ccccc4)c(-c4ccccc4)c23)C1. The maximum absolute atomic E-state index is 5.68. The van der Waals surface area contributed by atoms with Gasteiger partial charge in [-0.2, -0.15) is 0 Å². The van der Waals surface area contributed by atoms with E-state index >= 15 is 0 Å². The smallest absolute Gasteiger partial charge is 0.218 e. The number of rotatable bonds is 5. The predicted molar refractivity (Wildman–Crippen MR) is 134 cm³/mol. The molecule has 5 aromatic rings. The monoisotopic (exact) mass is 450 g/mol. The molecule has 7 heteroatoms. The summed E-state index contributed by atoms with van der Waals surface area (Å²) in [7, 11) is 3.75. The Balaban J connectivity index is 1.67. The standard InChI is InChI=1S/C27H26N6O/c1-31-16-14-28-27(31)25-29-26(32-15-13-21(17-32)34-2)24-23(20-11-7-4-8-12-20)22(18-33(24)30-25)19-9-5-3-6-10-19/h3-12,14,16,18,21H,13,15,17H2,1-2H3. The van der Waals surface area contributed by atoms with Gasteiger partial charge in [-0.25, -0.2) is 14.5 Å². The number of aryl methyl sites for hydroxylation is 1. The number of benzene rings is 2. The average Bonchev–Trinajstić information content (AvgIpc) is 3.62. The summed E-state index contributed by atoms with van der Waals surface area (Å²) in [6.07, 6.45) is 6.97. The summed E-state index contributed by atoms with van der Waals surface area (Å²) in [6.45, 7) is 1.68. The van der Waals surface area contributed by atoms with Crippen molar-refractivity contribution in [3.05, 3.63) is 79.3 Å². The molecule has 1 unspecified atom stereocenters. The summed E-state index contributed by atoms with van der Waals surface area (Å²) >= 11 is 0. The molecule has 1 atom stereocenters. The van der Waals surface area contributed by atoms with Gasteiger partial charge in [0.05, 0.1) is 6.10 Å². The Hall–Kier alpha value is -3.97. The van der Waals surface area contributed by atoms with Crippen molar-refractivity contribution in [3.63, 3.8) is 0 Å². The summed E-state index contributed by atoms with van der Waals surface area (Å²) in [6, 6.07) is 21.0. The van der Waals surface area contributed by atoms with E-state index in [2.05, 4.69) is 64.6 Å². The summed E-state index contributed by atoms with van der Waals surface area (Å²) in [5.41, 5.74) is 5.55. The second kappa shape index (κ2) is 8.43. The van der Waals surface area contributed by atoms with E-state index in [4.69, 9.17) is 14.8 Å². The van der Waals surface area contributed by atoms with Gasteiger partial charge in [-0.05, 0) is 17.5 Å². The lowest BCUT2D eigenvalue weighted by atomic mass is 9.97. The lowest BCUT2D eigenvalue weighted by molar-refractivity contribution is 0.121. The van der Waals surface area contributed by atoms with E-state index in [9.17, 15) is 0 Å². The number of hydrogen-bond donors (Lipinski definition) is 0. The highest BCUT2D eigenvalue weighted by atomic mass is 16.5. The average molecular weight is 451 g/mol. The molecular weight excluding hydrogens is 424 g/mol. The van der Waals surface area contributed by atoms with E-state index in [0.717, 1.165) is 58.9 Å². The van der Waals surface area contributed by atoms with Crippen molar-refractivity contribution in [3.8, 4) is 33.9 Å². The van der Waals surface area contributed by atoms with Crippen LogP contribution in [0, 0.1) is 0 Å². The quantitative estimate of drug-likeness (QED) is 0.389. The summed E-state index contributed by atoms with van der Waals surface area (Å²) < 4.78 is 9.61. The van der Waals surface area contributed by atoms with E-state index < -0.39 is 0 Å². The van der Waals surface area contributed by atoms with E-state index in [1.54, 1.807) is 13.3 Å². The van der Waals surface area contributed by atoms with Gasteiger partial charge in [-0.3, -0.25) is 0 Å². The van der Waals surface area contributed by atoms with Gasteiger partial charge >= 0.3 is 0 Å². The first kappa shape index (κ1) is 20.6. The van der Waals surface area contributed by atoms with Crippen molar-refractivity contribution < 1.29 is 4.74 Å². The van der Waals surface area contributed by atoms with Crippen LogP contribution < -0.4 is 4.90 Å². The third kappa shape index (κ3) is 3.45. The van der Waals surface area contributed by atoms with Crippen molar-refractivity contribution in [2.75, 3.05) is 25.1 Å². The van der Waals surface area contributed by atoms with E-state index in [-0.39, 0.29) is 6.10 Å². The molecule has 4 heterocycles. The molecule has 7 nitrogen and oxygen atoms in total. The summed E-state index contributed by atoms with van der Waals surface area (Å²) in [4.78, 5) is 11.9. The van der Waals surface area contributed by atoms with Gasteiger partial charge in [0.2, 0.25) is 5.82 Å². The molecule has 0 amide bonds. The molecule has 0 spiro atoms. The Morgan fingerprint density at radius 2 is 1.71 bits per heavy atom. The zero-order valence-corrected chi connectivity index (χ0v) is 19.3. The minimum Gasteiger partial charge on any atom is -0.380 e. The van der Waals surface area contributed by atoms with Crippen LogP contribution in [0.5, 0.6) is 0 Å². The lowest BCUT2D eigenvalue weighted by Gasteiger charge is -2.20. The van der Waals surface area contributed by atoms with Crippen LogP contribution in [-0.2, 0) is 11.8 Å². The van der Waals surface area contributed by atoms with Crippen LogP contribution in [0.15, 0.2) is 79.3 Å². The summed E-state index contributed by atoms with van der Waals surface area (Å²) in [5, 5.41) is 4.95. The summed E-state index contributed by atoms with van der Waals surface area (Å²) in [5.74, 6) is 2.25. The van der Waals surface area contributed by atoms with Crippen molar-refractivity contribution in [1.29, 1.82) is 0 Å². The Morgan fingerprint density at radius 3 is 2.35 bits per heavy atom. The zero-order valence-electron chi connectivity index (χ0n) is 19.3. The highest BCUT2D eigenvalue weighted by Gasteiger charge is 2.29. The fourth-order valence-electron chi connectivity index (χ4n) is 4.81. The molecule has 1 saturated heterocycles. The predicted octanol–water partition coefficient (Wildman–Crippen LogP) is 4.69. The van der Waals surface area contributed by atoms with Crippen molar-refractivity contribution in [2.45, 2.75) is 12.5 Å². The topological polar surface area (TPSA) is 60.5 Å². The van der Waals surface area contributed by atoms with Crippen LogP contribution >= 0.6 is 0 Å². The molecule has 170 valence electrons. The third-order valence-corrected chi connectivity index (χ3v) is 6.56. The van der Waals surface area contributed by atoms with Crippen LogP contribution in [0.4, 0.5) is 5.82 Å². The molecular formula is C27H26N6O. The number of anilines is 1. The number of nitrogens with zero attached hydrogens (tertiary/aromatic N) is 6. The molecule has 2 aromatic carbocycles. The molecule has 1 aliphatic rings. The zero-order chi connectivity index (χ0) is 23.1. The normalized spacial score (nSPS) is 15.9. The van der Waals surface area contributed by atoms with Gasteiger partial charge in [0.1, 0.15) is 5.52 Å². The first-order valence-electron chi connectivity index (χ1n) is 11.5. The van der Waals surface area contributed by atoms with Crippen LogP contribution in [0.1, 0.15) is 6.42 Å². The number of hydrogen-bond acceptors (Lipinski definition) is 5. The molecule has 0 radical (unpaired) electrons. The second-order valence-corrected chi connectivity index (χ2v) is 8.66. The highest BCUT2D eigenvalue weighted by molar-refractivity contribution is 5.99. The molecule has 34 heavy (non-hydrogen) atoms. The van der Waals surface area contributed by atoms with Gasteiger partial charge in [-0.1, -0.05) is 60.7 Å². The number of imidazole rings is 1. The fourth-order valence-corrected chi connectivity index (χ4v) is 4.81. The molecule has 6 rings (SSSR count). The van der Waals surface area contributed by atoms with Crippen molar-refractivity contribution >= 4 is 11.3 Å². The van der Waals surface area contributed by atoms with Crippen LogP contribution in [0.2, 0.25) is 0 Å². The Labute approximate surface area is 198 Å². The van der Waals surface area contributed by atoms with Crippen molar-refractivity contribution in [2.24, 2.45) is 7.05 Å².